The van der Waals surface area contributed by atoms with E-state index in [1.54, 1.807) is 11.8 Å². The van der Waals surface area contributed by atoms with Crippen LogP contribution in [0, 0.1) is 26.7 Å². The molecular formula is C23H32N2O2S2. The van der Waals surface area contributed by atoms with Crippen LogP contribution in [0.3, 0.4) is 0 Å². The highest BCUT2D eigenvalue weighted by atomic mass is 32.2. The van der Waals surface area contributed by atoms with Crippen molar-refractivity contribution in [2.24, 2.45) is 5.92 Å². The lowest BCUT2D eigenvalue weighted by Gasteiger charge is -2.32. The van der Waals surface area contributed by atoms with Gasteiger partial charge in [0.15, 0.2) is 0 Å². The van der Waals surface area contributed by atoms with Crippen LogP contribution in [0.5, 0.6) is 0 Å². The fourth-order valence-electron chi connectivity index (χ4n) is 4.31. The molecule has 0 unspecified atom stereocenters. The monoisotopic (exact) mass is 432 g/mol. The summed E-state index contributed by atoms with van der Waals surface area (Å²) in [5, 5.41) is 0. The predicted octanol–water partition coefficient (Wildman–Crippen LogP) is 4.52. The molecule has 1 heterocycles. The average Bonchev–Trinajstić information content (AvgIpc) is 2.67. The summed E-state index contributed by atoms with van der Waals surface area (Å²) < 4.78 is 28.6. The molecule has 0 amide bonds. The lowest BCUT2D eigenvalue weighted by Crippen LogP contribution is -2.38. The third-order valence-electron chi connectivity index (χ3n) is 5.73. The van der Waals surface area contributed by atoms with Crippen molar-refractivity contribution >= 4 is 21.8 Å². The van der Waals surface area contributed by atoms with Gasteiger partial charge in [0, 0.05) is 18.0 Å². The summed E-state index contributed by atoms with van der Waals surface area (Å²) >= 11 is 1.79. The van der Waals surface area contributed by atoms with Gasteiger partial charge in [-0.1, -0.05) is 35.9 Å². The first-order valence-electron chi connectivity index (χ1n) is 10.2. The highest BCUT2D eigenvalue weighted by Crippen LogP contribution is 2.25. The molecular weight excluding hydrogens is 400 g/mol. The van der Waals surface area contributed by atoms with E-state index < -0.39 is 10.0 Å². The van der Waals surface area contributed by atoms with E-state index in [0.717, 1.165) is 49.2 Å². The third-order valence-corrected chi connectivity index (χ3v) is 8.30. The van der Waals surface area contributed by atoms with E-state index in [0.29, 0.717) is 17.4 Å². The molecule has 29 heavy (non-hydrogen) atoms. The van der Waals surface area contributed by atoms with Crippen molar-refractivity contribution in [3.63, 3.8) is 0 Å². The average molecular weight is 433 g/mol. The van der Waals surface area contributed by atoms with Gasteiger partial charge in [-0.15, -0.1) is 11.8 Å². The predicted molar refractivity (Wildman–Crippen MR) is 122 cm³/mol. The minimum atomic E-state index is -3.48. The van der Waals surface area contributed by atoms with Crippen LogP contribution in [0.1, 0.15) is 35.1 Å². The number of thioether (sulfide) groups is 1. The highest BCUT2D eigenvalue weighted by Gasteiger charge is 2.24. The van der Waals surface area contributed by atoms with Crippen molar-refractivity contribution in [2.75, 3.05) is 25.9 Å². The van der Waals surface area contributed by atoms with Gasteiger partial charge in [0.2, 0.25) is 10.0 Å². The summed E-state index contributed by atoms with van der Waals surface area (Å²) in [5.41, 5.74) is 4.10. The Morgan fingerprint density at radius 1 is 1.07 bits per heavy atom. The molecule has 158 valence electrons. The van der Waals surface area contributed by atoms with Gasteiger partial charge in [0.25, 0.3) is 0 Å². The SMILES string of the molecule is CSc1ccccc1CN1CCC(CNS(=O)(=O)c2c(C)cc(C)cc2C)CC1. The van der Waals surface area contributed by atoms with Gasteiger partial charge in [-0.05, 0) is 81.6 Å². The van der Waals surface area contributed by atoms with Crippen LogP contribution < -0.4 is 4.72 Å². The lowest BCUT2D eigenvalue weighted by atomic mass is 9.97. The van der Waals surface area contributed by atoms with Crippen LogP contribution in [-0.4, -0.2) is 39.2 Å². The molecule has 1 N–H and O–H groups in total. The van der Waals surface area contributed by atoms with Crippen LogP contribution in [0.15, 0.2) is 46.2 Å². The number of hydrogen-bond donors (Lipinski definition) is 1. The fourth-order valence-corrected chi connectivity index (χ4v) is 6.49. The third kappa shape index (κ3) is 5.63. The molecule has 0 atom stereocenters. The number of likely N-dealkylation sites (tertiary alicyclic amines) is 1. The number of rotatable bonds is 7. The Bertz CT molecular complexity index is 926. The molecule has 6 heteroatoms. The maximum absolute atomic E-state index is 12.9. The zero-order valence-corrected chi connectivity index (χ0v) is 19.5. The van der Waals surface area contributed by atoms with Crippen LogP contribution in [0.2, 0.25) is 0 Å². The number of aryl methyl sites for hydroxylation is 3. The number of nitrogens with zero attached hydrogens (tertiary/aromatic N) is 1. The van der Waals surface area contributed by atoms with Crippen molar-refractivity contribution in [1.29, 1.82) is 0 Å². The minimum Gasteiger partial charge on any atom is -0.299 e. The summed E-state index contributed by atoms with van der Waals surface area (Å²) in [6.07, 6.45) is 4.17. The first-order chi connectivity index (χ1) is 13.8. The van der Waals surface area contributed by atoms with E-state index in [1.807, 2.05) is 32.9 Å². The van der Waals surface area contributed by atoms with Crippen LogP contribution >= 0.6 is 11.8 Å². The van der Waals surface area contributed by atoms with Gasteiger partial charge in [0.1, 0.15) is 0 Å². The zero-order valence-electron chi connectivity index (χ0n) is 17.9. The van der Waals surface area contributed by atoms with Crippen molar-refractivity contribution in [3.8, 4) is 0 Å². The Balaban J connectivity index is 1.55. The maximum atomic E-state index is 12.9. The number of piperidine rings is 1. The molecule has 2 aromatic rings. The Morgan fingerprint density at radius 3 is 2.31 bits per heavy atom. The lowest BCUT2D eigenvalue weighted by molar-refractivity contribution is 0.177. The Kier molecular flexibility index (Phi) is 7.43. The number of nitrogens with one attached hydrogen (secondary N) is 1. The largest absolute Gasteiger partial charge is 0.299 e. The van der Waals surface area contributed by atoms with Gasteiger partial charge in [-0.3, -0.25) is 4.90 Å². The van der Waals surface area contributed by atoms with Crippen LogP contribution in [0.4, 0.5) is 0 Å². The Morgan fingerprint density at radius 2 is 1.69 bits per heavy atom. The van der Waals surface area contributed by atoms with Gasteiger partial charge in [0.05, 0.1) is 4.90 Å². The molecule has 0 bridgehead atoms. The standard InChI is InChI=1S/C23H32N2O2S2/c1-17-13-18(2)23(19(3)14-17)29(26,27)24-15-20-9-11-25(12-10-20)16-21-7-5-6-8-22(21)28-4/h5-8,13-14,20,24H,9-12,15-16H2,1-4H3. The summed E-state index contributed by atoms with van der Waals surface area (Å²) in [4.78, 5) is 4.26. The molecule has 1 aliphatic rings. The molecule has 0 saturated carbocycles. The summed E-state index contributed by atoms with van der Waals surface area (Å²) in [6.45, 7) is 9.26. The second kappa shape index (κ2) is 9.65. The molecule has 0 spiro atoms. The Hall–Kier alpha value is -1.34. The summed E-state index contributed by atoms with van der Waals surface area (Å²) in [7, 11) is -3.48. The van der Waals surface area contributed by atoms with Crippen LogP contribution in [0.25, 0.3) is 0 Å². The summed E-state index contributed by atoms with van der Waals surface area (Å²) in [6, 6.07) is 12.4. The van der Waals surface area contributed by atoms with E-state index in [4.69, 9.17) is 0 Å². The quantitative estimate of drug-likeness (QED) is 0.654. The van der Waals surface area contributed by atoms with Crippen molar-refractivity contribution in [3.05, 3.63) is 58.7 Å². The maximum Gasteiger partial charge on any atom is 0.241 e. The smallest absolute Gasteiger partial charge is 0.241 e. The minimum absolute atomic E-state index is 0.392. The molecule has 0 aliphatic carbocycles. The van der Waals surface area contributed by atoms with E-state index in [2.05, 4.69) is 40.1 Å². The molecule has 0 aromatic heterocycles. The fraction of sp³-hybridized carbons (Fsp3) is 0.478. The zero-order chi connectivity index (χ0) is 21.0. The van der Waals surface area contributed by atoms with E-state index >= 15 is 0 Å². The van der Waals surface area contributed by atoms with Crippen LogP contribution in [-0.2, 0) is 16.6 Å². The Labute approximate surface area is 180 Å². The molecule has 1 fully saturated rings. The second-order valence-electron chi connectivity index (χ2n) is 8.11. The first kappa shape index (κ1) is 22.3. The molecule has 4 nitrogen and oxygen atoms in total. The highest BCUT2D eigenvalue weighted by molar-refractivity contribution is 7.98. The topological polar surface area (TPSA) is 49.4 Å². The molecule has 3 rings (SSSR count). The first-order valence-corrected chi connectivity index (χ1v) is 12.9. The van der Waals surface area contributed by atoms with Crippen molar-refractivity contribution < 1.29 is 8.42 Å². The van der Waals surface area contributed by atoms with Gasteiger partial charge in [-0.2, -0.15) is 0 Å². The molecule has 1 aliphatic heterocycles. The normalized spacial score (nSPS) is 16.3. The number of benzene rings is 2. The van der Waals surface area contributed by atoms with Crippen molar-refractivity contribution in [1.82, 2.24) is 9.62 Å². The molecule has 1 saturated heterocycles. The van der Waals surface area contributed by atoms with Crippen molar-refractivity contribution in [2.45, 2.75) is 49.9 Å². The van der Waals surface area contributed by atoms with E-state index in [9.17, 15) is 8.42 Å². The van der Waals surface area contributed by atoms with Gasteiger partial charge >= 0.3 is 0 Å². The van der Waals surface area contributed by atoms with E-state index in [1.165, 1.54) is 10.5 Å². The molecule has 0 radical (unpaired) electrons. The number of hydrogen-bond acceptors (Lipinski definition) is 4. The summed E-state index contributed by atoms with van der Waals surface area (Å²) in [5.74, 6) is 0.392. The van der Waals surface area contributed by atoms with Gasteiger partial charge < -0.3 is 0 Å². The molecule has 2 aromatic carbocycles. The van der Waals surface area contributed by atoms with E-state index in [-0.39, 0.29) is 0 Å². The second-order valence-corrected chi connectivity index (χ2v) is 10.7. The van der Waals surface area contributed by atoms with Gasteiger partial charge in [-0.25, -0.2) is 13.1 Å². The number of sulfonamides is 1.